The molecular weight excluding hydrogens is 300 g/mol. The van der Waals surface area contributed by atoms with Crippen LogP contribution in [0.4, 0.5) is 5.69 Å². The third kappa shape index (κ3) is 3.32. The summed E-state index contributed by atoms with van der Waals surface area (Å²) in [6, 6.07) is 13.6. The summed E-state index contributed by atoms with van der Waals surface area (Å²) >= 11 is 0. The summed E-state index contributed by atoms with van der Waals surface area (Å²) in [5, 5.41) is 2.96. The van der Waals surface area contributed by atoms with Gasteiger partial charge in [-0.25, -0.2) is 0 Å². The van der Waals surface area contributed by atoms with Crippen molar-refractivity contribution in [1.29, 1.82) is 0 Å². The van der Waals surface area contributed by atoms with Gasteiger partial charge in [0.1, 0.15) is 0 Å². The predicted octanol–water partition coefficient (Wildman–Crippen LogP) is 3.36. The molecule has 1 N–H and O–H groups in total. The number of aryl methyl sites for hydroxylation is 1. The summed E-state index contributed by atoms with van der Waals surface area (Å²) in [7, 11) is 0. The third-order valence-electron chi connectivity index (χ3n) is 4.62. The molecule has 0 atom stereocenters. The fourth-order valence-electron chi connectivity index (χ4n) is 2.99. The number of hydrogen-bond donors (Lipinski definition) is 1. The minimum absolute atomic E-state index is 0.0602. The van der Waals surface area contributed by atoms with Gasteiger partial charge in [-0.3, -0.25) is 9.59 Å². The van der Waals surface area contributed by atoms with E-state index >= 15 is 0 Å². The Kier molecular flexibility index (Phi) is 4.65. The fraction of sp³-hybridized carbons (Fsp3) is 0.300. The number of nitrogens with zero attached hydrogens (tertiary/aromatic N) is 1. The van der Waals surface area contributed by atoms with E-state index in [1.807, 2.05) is 61.2 Å². The molecule has 0 aromatic heterocycles. The number of rotatable bonds is 4. The van der Waals surface area contributed by atoms with Crippen molar-refractivity contribution in [2.45, 2.75) is 33.2 Å². The Bertz CT molecular complexity index is 766. The Morgan fingerprint density at radius 1 is 1.12 bits per heavy atom. The largest absolute Gasteiger partial charge is 0.348 e. The maximum absolute atomic E-state index is 12.3. The van der Waals surface area contributed by atoms with Crippen LogP contribution in [0, 0.1) is 13.8 Å². The highest BCUT2D eigenvalue weighted by molar-refractivity contribution is 5.96. The molecule has 0 unspecified atom stereocenters. The lowest BCUT2D eigenvalue weighted by Crippen LogP contribution is -2.24. The average molecular weight is 322 g/mol. The summed E-state index contributed by atoms with van der Waals surface area (Å²) in [5.41, 5.74) is 4.79. The lowest BCUT2D eigenvalue weighted by molar-refractivity contribution is -0.117. The van der Waals surface area contributed by atoms with Crippen LogP contribution in [-0.4, -0.2) is 18.4 Å². The van der Waals surface area contributed by atoms with E-state index in [-0.39, 0.29) is 11.8 Å². The molecule has 4 nitrogen and oxygen atoms in total. The Hall–Kier alpha value is -2.62. The third-order valence-corrected chi connectivity index (χ3v) is 4.62. The number of carbonyl (C=O) groups is 2. The van der Waals surface area contributed by atoms with Gasteiger partial charge in [0, 0.05) is 30.8 Å². The van der Waals surface area contributed by atoms with E-state index in [0.29, 0.717) is 18.5 Å². The van der Waals surface area contributed by atoms with Crippen LogP contribution in [0.3, 0.4) is 0 Å². The van der Waals surface area contributed by atoms with Crippen molar-refractivity contribution in [1.82, 2.24) is 5.32 Å². The normalized spacial score (nSPS) is 14.1. The maximum Gasteiger partial charge on any atom is 0.251 e. The number of anilines is 1. The van der Waals surface area contributed by atoms with E-state index in [4.69, 9.17) is 0 Å². The fourth-order valence-corrected chi connectivity index (χ4v) is 2.99. The number of benzene rings is 2. The molecule has 1 aliphatic heterocycles. The minimum Gasteiger partial charge on any atom is -0.348 e. The van der Waals surface area contributed by atoms with Gasteiger partial charge in [-0.1, -0.05) is 24.3 Å². The molecule has 2 amide bonds. The minimum atomic E-state index is -0.0602. The topological polar surface area (TPSA) is 49.4 Å². The quantitative estimate of drug-likeness (QED) is 0.938. The SMILES string of the molecule is Cc1cccc(C(=O)NCc2ccc(N3CCCC3=O)cc2)c1C. The average Bonchev–Trinajstić information content (AvgIpc) is 3.02. The molecule has 2 aromatic rings. The van der Waals surface area contributed by atoms with Crippen LogP contribution in [-0.2, 0) is 11.3 Å². The molecule has 0 spiro atoms. The lowest BCUT2D eigenvalue weighted by atomic mass is 10.0. The van der Waals surface area contributed by atoms with E-state index in [9.17, 15) is 9.59 Å². The van der Waals surface area contributed by atoms with Crippen LogP contribution in [0.2, 0.25) is 0 Å². The molecule has 1 aliphatic rings. The Balaban J connectivity index is 1.63. The molecular formula is C20H22N2O2. The van der Waals surface area contributed by atoms with Crippen LogP contribution in [0.25, 0.3) is 0 Å². The molecule has 3 rings (SSSR count). The Morgan fingerprint density at radius 3 is 2.54 bits per heavy atom. The molecule has 0 bridgehead atoms. The monoisotopic (exact) mass is 322 g/mol. The smallest absolute Gasteiger partial charge is 0.251 e. The number of nitrogens with one attached hydrogen (secondary N) is 1. The van der Waals surface area contributed by atoms with Gasteiger partial charge >= 0.3 is 0 Å². The van der Waals surface area contributed by atoms with Gasteiger partial charge in [-0.15, -0.1) is 0 Å². The van der Waals surface area contributed by atoms with Crippen molar-refractivity contribution < 1.29 is 9.59 Å². The summed E-state index contributed by atoms with van der Waals surface area (Å²) in [5.74, 6) is 0.126. The highest BCUT2D eigenvalue weighted by Crippen LogP contribution is 2.21. The molecule has 0 radical (unpaired) electrons. The van der Waals surface area contributed by atoms with Crippen molar-refractivity contribution in [3.8, 4) is 0 Å². The molecule has 1 fully saturated rings. The van der Waals surface area contributed by atoms with Crippen molar-refractivity contribution in [2.24, 2.45) is 0 Å². The molecule has 0 saturated carbocycles. The van der Waals surface area contributed by atoms with Gasteiger partial charge in [0.05, 0.1) is 0 Å². The van der Waals surface area contributed by atoms with Crippen LogP contribution >= 0.6 is 0 Å². The van der Waals surface area contributed by atoms with Gasteiger partial charge in [0.15, 0.2) is 0 Å². The standard InChI is InChI=1S/C20H22N2O2/c1-14-5-3-6-18(15(14)2)20(24)21-13-16-8-10-17(11-9-16)22-12-4-7-19(22)23/h3,5-6,8-11H,4,7,12-13H2,1-2H3,(H,21,24). The second-order valence-corrected chi connectivity index (χ2v) is 6.25. The number of amides is 2. The van der Waals surface area contributed by atoms with E-state index < -0.39 is 0 Å². The molecule has 1 saturated heterocycles. The lowest BCUT2D eigenvalue weighted by Gasteiger charge is -2.16. The highest BCUT2D eigenvalue weighted by atomic mass is 16.2. The van der Waals surface area contributed by atoms with E-state index in [0.717, 1.165) is 35.3 Å². The zero-order valence-corrected chi connectivity index (χ0v) is 14.1. The number of hydrogen-bond acceptors (Lipinski definition) is 2. The van der Waals surface area contributed by atoms with Gasteiger partial charge < -0.3 is 10.2 Å². The molecule has 2 aromatic carbocycles. The summed E-state index contributed by atoms with van der Waals surface area (Å²) in [4.78, 5) is 25.9. The Labute approximate surface area is 142 Å². The van der Waals surface area contributed by atoms with Gasteiger partial charge in [-0.2, -0.15) is 0 Å². The van der Waals surface area contributed by atoms with Gasteiger partial charge in [0.25, 0.3) is 5.91 Å². The molecule has 0 aliphatic carbocycles. The zero-order valence-electron chi connectivity index (χ0n) is 14.1. The van der Waals surface area contributed by atoms with Crippen LogP contribution in [0.1, 0.15) is 39.9 Å². The molecule has 124 valence electrons. The molecule has 4 heteroatoms. The predicted molar refractivity (Wildman–Crippen MR) is 95.1 cm³/mol. The molecule has 24 heavy (non-hydrogen) atoms. The zero-order chi connectivity index (χ0) is 17.1. The van der Waals surface area contributed by atoms with Crippen molar-refractivity contribution >= 4 is 17.5 Å². The van der Waals surface area contributed by atoms with Gasteiger partial charge in [-0.05, 0) is 55.2 Å². The van der Waals surface area contributed by atoms with Crippen molar-refractivity contribution in [3.63, 3.8) is 0 Å². The first-order valence-electron chi connectivity index (χ1n) is 8.30. The number of carbonyl (C=O) groups excluding carboxylic acids is 2. The first-order valence-corrected chi connectivity index (χ1v) is 8.30. The first-order chi connectivity index (χ1) is 11.6. The second-order valence-electron chi connectivity index (χ2n) is 6.25. The van der Waals surface area contributed by atoms with E-state index in [1.165, 1.54) is 0 Å². The van der Waals surface area contributed by atoms with E-state index in [1.54, 1.807) is 0 Å². The van der Waals surface area contributed by atoms with Crippen molar-refractivity contribution in [3.05, 3.63) is 64.7 Å². The van der Waals surface area contributed by atoms with Gasteiger partial charge in [0.2, 0.25) is 5.91 Å². The Morgan fingerprint density at radius 2 is 1.88 bits per heavy atom. The highest BCUT2D eigenvalue weighted by Gasteiger charge is 2.21. The molecule has 1 heterocycles. The summed E-state index contributed by atoms with van der Waals surface area (Å²) < 4.78 is 0. The van der Waals surface area contributed by atoms with Crippen molar-refractivity contribution in [2.75, 3.05) is 11.4 Å². The second kappa shape index (κ2) is 6.87. The van der Waals surface area contributed by atoms with Crippen LogP contribution in [0.5, 0.6) is 0 Å². The summed E-state index contributed by atoms with van der Waals surface area (Å²) in [6.07, 6.45) is 1.56. The summed E-state index contributed by atoms with van der Waals surface area (Å²) in [6.45, 7) is 5.23. The van der Waals surface area contributed by atoms with Crippen LogP contribution < -0.4 is 10.2 Å². The van der Waals surface area contributed by atoms with E-state index in [2.05, 4.69) is 5.32 Å². The first kappa shape index (κ1) is 16.2. The maximum atomic E-state index is 12.3. The van der Waals surface area contributed by atoms with Crippen LogP contribution in [0.15, 0.2) is 42.5 Å².